The number of para-hydroxylation sites is 1. The van der Waals surface area contributed by atoms with Gasteiger partial charge < -0.3 is 26.8 Å². The number of hydrogen-bond acceptors (Lipinski definition) is 4. The summed E-state index contributed by atoms with van der Waals surface area (Å²) >= 11 is 0. The summed E-state index contributed by atoms with van der Waals surface area (Å²) in [7, 11) is 5.58. The molecule has 112 valence electrons. The number of hydrogen-bond donors (Lipinski definition) is 0. The highest BCUT2D eigenvalue weighted by Gasteiger charge is 2.00. The molecule has 0 spiro atoms. The molecular formula is C15H21ClNO3-. The van der Waals surface area contributed by atoms with E-state index in [-0.39, 0.29) is 18.4 Å². The maximum atomic E-state index is 11.5. The van der Waals surface area contributed by atoms with E-state index >= 15 is 0 Å². The Morgan fingerprint density at radius 1 is 1.30 bits per heavy atom. The Hall–Kier alpha value is -1.52. The molecule has 0 aliphatic rings. The lowest BCUT2D eigenvalue weighted by Gasteiger charge is -2.08. The molecule has 1 aromatic rings. The summed E-state index contributed by atoms with van der Waals surface area (Å²) in [6.45, 7) is 1.34. The van der Waals surface area contributed by atoms with Gasteiger partial charge in [-0.3, -0.25) is 0 Å². The van der Waals surface area contributed by atoms with Gasteiger partial charge in [-0.15, -0.1) is 0 Å². The Balaban J connectivity index is 0.00000361. The lowest BCUT2D eigenvalue weighted by molar-refractivity contribution is -0.137. The molecular weight excluding hydrogens is 278 g/mol. The van der Waals surface area contributed by atoms with Crippen LogP contribution in [0, 0.1) is 0 Å². The molecule has 0 heterocycles. The second kappa shape index (κ2) is 10.3. The molecule has 4 nitrogen and oxygen atoms in total. The van der Waals surface area contributed by atoms with Crippen molar-refractivity contribution in [2.75, 3.05) is 34.4 Å². The number of rotatable bonds is 7. The predicted octanol–water partition coefficient (Wildman–Crippen LogP) is -0.793. The quantitative estimate of drug-likeness (QED) is 0.376. The summed E-state index contributed by atoms with van der Waals surface area (Å²) < 4.78 is 10.3. The van der Waals surface area contributed by atoms with E-state index in [1.54, 1.807) is 13.2 Å². The van der Waals surface area contributed by atoms with Gasteiger partial charge in [-0.1, -0.05) is 18.2 Å². The summed E-state index contributed by atoms with van der Waals surface area (Å²) in [5.41, 5.74) is 0.857. The Kier molecular flexibility index (Phi) is 9.51. The maximum Gasteiger partial charge on any atom is 0.330 e. The molecule has 0 aliphatic carbocycles. The van der Waals surface area contributed by atoms with Crippen LogP contribution in [0.5, 0.6) is 5.75 Å². The largest absolute Gasteiger partial charge is 1.00 e. The molecule has 20 heavy (non-hydrogen) atoms. The summed E-state index contributed by atoms with van der Waals surface area (Å²) in [6, 6.07) is 7.51. The Morgan fingerprint density at radius 2 is 2.00 bits per heavy atom. The Bertz CT molecular complexity index is 433. The van der Waals surface area contributed by atoms with Crippen LogP contribution in [0.1, 0.15) is 12.0 Å². The van der Waals surface area contributed by atoms with Crippen molar-refractivity contribution in [3.63, 3.8) is 0 Å². The first-order valence-electron chi connectivity index (χ1n) is 6.26. The predicted molar refractivity (Wildman–Crippen MR) is 76.2 cm³/mol. The second-order valence-electron chi connectivity index (χ2n) is 4.40. The third kappa shape index (κ3) is 7.16. The number of methoxy groups -OCH3 is 1. The number of halogens is 1. The van der Waals surface area contributed by atoms with E-state index in [9.17, 15) is 4.79 Å². The molecule has 5 heteroatoms. The zero-order valence-corrected chi connectivity index (χ0v) is 12.9. The molecule has 0 aliphatic heterocycles. The average Bonchev–Trinajstić information content (AvgIpc) is 2.41. The standard InChI is InChI=1S/C15H21NO3.ClH/c1-16(2)11-6-12-19-15(17)10-9-13-7-4-5-8-14(13)18-3;/h4-5,7-10H,6,11-12H2,1-3H3;1H/p-1/b10-9+;. The highest BCUT2D eigenvalue weighted by atomic mass is 35.5. The fourth-order valence-electron chi connectivity index (χ4n) is 1.56. The van der Waals surface area contributed by atoms with Crippen LogP contribution in [0.3, 0.4) is 0 Å². The number of nitrogens with zero attached hydrogens (tertiary/aromatic N) is 1. The van der Waals surface area contributed by atoms with Crippen LogP contribution in [0.15, 0.2) is 30.3 Å². The molecule has 0 fully saturated rings. The van der Waals surface area contributed by atoms with Gasteiger partial charge in [0.05, 0.1) is 13.7 Å². The van der Waals surface area contributed by atoms with Crippen molar-refractivity contribution in [1.29, 1.82) is 0 Å². The third-order valence-corrected chi connectivity index (χ3v) is 2.53. The van der Waals surface area contributed by atoms with Gasteiger partial charge >= 0.3 is 5.97 Å². The second-order valence-corrected chi connectivity index (χ2v) is 4.40. The van der Waals surface area contributed by atoms with Crippen molar-refractivity contribution < 1.29 is 26.7 Å². The molecule has 0 saturated carbocycles. The first kappa shape index (κ1) is 18.5. The van der Waals surface area contributed by atoms with Crippen LogP contribution in [-0.4, -0.2) is 45.2 Å². The summed E-state index contributed by atoms with van der Waals surface area (Å²) in [6.07, 6.45) is 3.96. The van der Waals surface area contributed by atoms with E-state index in [0.717, 1.165) is 24.3 Å². The van der Waals surface area contributed by atoms with Crippen molar-refractivity contribution in [2.45, 2.75) is 6.42 Å². The van der Waals surface area contributed by atoms with Crippen LogP contribution >= 0.6 is 0 Å². The van der Waals surface area contributed by atoms with E-state index in [2.05, 4.69) is 4.90 Å². The Labute approximate surface area is 126 Å². The van der Waals surface area contributed by atoms with Crippen molar-refractivity contribution in [2.24, 2.45) is 0 Å². The highest BCUT2D eigenvalue weighted by molar-refractivity contribution is 5.87. The van der Waals surface area contributed by atoms with Gasteiger partial charge in [-0.25, -0.2) is 4.79 Å². The van der Waals surface area contributed by atoms with Gasteiger partial charge in [0.2, 0.25) is 0 Å². The minimum Gasteiger partial charge on any atom is -1.00 e. The minimum atomic E-state index is -0.329. The smallest absolute Gasteiger partial charge is 0.330 e. The summed E-state index contributed by atoms with van der Waals surface area (Å²) in [5.74, 6) is 0.406. The molecule has 0 unspecified atom stereocenters. The van der Waals surface area contributed by atoms with Crippen LogP contribution in [0.25, 0.3) is 6.08 Å². The van der Waals surface area contributed by atoms with Crippen LogP contribution in [-0.2, 0) is 9.53 Å². The molecule has 0 bridgehead atoms. The lowest BCUT2D eigenvalue weighted by Crippen LogP contribution is -3.00. The third-order valence-electron chi connectivity index (χ3n) is 2.53. The number of ether oxygens (including phenoxy) is 2. The topological polar surface area (TPSA) is 38.8 Å². The summed E-state index contributed by atoms with van der Waals surface area (Å²) in [4.78, 5) is 13.6. The highest BCUT2D eigenvalue weighted by Crippen LogP contribution is 2.18. The number of benzene rings is 1. The Morgan fingerprint density at radius 3 is 2.65 bits per heavy atom. The van der Waals surface area contributed by atoms with Gasteiger partial charge in [0, 0.05) is 18.2 Å². The van der Waals surface area contributed by atoms with Crippen LogP contribution < -0.4 is 17.1 Å². The van der Waals surface area contributed by atoms with Crippen molar-refractivity contribution in [3.05, 3.63) is 35.9 Å². The molecule has 0 N–H and O–H groups in total. The van der Waals surface area contributed by atoms with Gasteiger partial charge in [-0.05, 0) is 32.7 Å². The fourth-order valence-corrected chi connectivity index (χ4v) is 1.56. The fraction of sp³-hybridized carbons (Fsp3) is 0.400. The zero-order valence-electron chi connectivity index (χ0n) is 12.1. The number of esters is 1. The maximum absolute atomic E-state index is 11.5. The zero-order chi connectivity index (χ0) is 14.1. The van der Waals surface area contributed by atoms with Crippen molar-refractivity contribution in [3.8, 4) is 5.75 Å². The van der Waals surface area contributed by atoms with Gasteiger partial charge in [0.25, 0.3) is 0 Å². The molecule has 1 rings (SSSR count). The van der Waals surface area contributed by atoms with Gasteiger partial charge in [-0.2, -0.15) is 0 Å². The minimum absolute atomic E-state index is 0. The first-order chi connectivity index (χ1) is 9.13. The van der Waals surface area contributed by atoms with Crippen LogP contribution in [0.2, 0.25) is 0 Å². The molecule has 0 atom stereocenters. The lowest BCUT2D eigenvalue weighted by atomic mass is 10.2. The van der Waals surface area contributed by atoms with E-state index in [0.29, 0.717) is 6.61 Å². The number of carbonyl (C=O) groups excluding carboxylic acids is 1. The van der Waals surface area contributed by atoms with E-state index < -0.39 is 0 Å². The van der Waals surface area contributed by atoms with Crippen molar-refractivity contribution in [1.82, 2.24) is 4.90 Å². The first-order valence-corrected chi connectivity index (χ1v) is 6.26. The molecule has 0 aromatic heterocycles. The molecule has 0 saturated heterocycles. The monoisotopic (exact) mass is 298 g/mol. The number of carbonyl (C=O) groups is 1. The average molecular weight is 299 g/mol. The van der Waals surface area contributed by atoms with E-state index in [1.165, 1.54) is 6.08 Å². The van der Waals surface area contributed by atoms with Gasteiger partial charge in [0.15, 0.2) is 0 Å². The van der Waals surface area contributed by atoms with Crippen molar-refractivity contribution >= 4 is 12.0 Å². The van der Waals surface area contributed by atoms with E-state index in [1.807, 2.05) is 38.4 Å². The van der Waals surface area contributed by atoms with Crippen LogP contribution in [0.4, 0.5) is 0 Å². The summed E-state index contributed by atoms with van der Waals surface area (Å²) in [5, 5.41) is 0. The normalized spacial score (nSPS) is 10.4. The van der Waals surface area contributed by atoms with E-state index in [4.69, 9.17) is 9.47 Å². The van der Waals surface area contributed by atoms with Gasteiger partial charge in [0.1, 0.15) is 5.75 Å². The molecule has 0 radical (unpaired) electrons. The molecule has 0 amide bonds. The SMILES string of the molecule is COc1ccccc1/C=C/C(=O)OCCCN(C)C.[Cl-]. The molecule has 1 aromatic carbocycles.